The quantitative estimate of drug-likeness (QED) is 0.436. The molecule has 0 aromatic heterocycles. The van der Waals surface area contributed by atoms with E-state index in [0.29, 0.717) is 19.5 Å². The third kappa shape index (κ3) is 10.7. The first-order valence-electron chi connectivity index (χ1n) is 5.59. The van der Waals surface area contributed by atoms with Gasteiger partial charge in [0.1, 0.15) is 0 Å². The van der Waals surface area contributed by atoms with E-state index < -0.39 is 11.9 Å². The third-order valence-corrected chi connectivity index (χ3v) is 2.30. The second-order valence-electron chi connectivity index (χ2n) is 3.78. The van der Waals surface area contributed by atoms with Crippen LogP contribution < -0.4 is 0 Å². The Balaban J connectivity index is 3.66. The number of unbranched alkanes of at least 4 members (excludes halogenated alkanes) is 2. The molecule has 0 saturated heterocycles. The molecule has 2 N–H and O–H groups in total. The highest BCUT2D eigenvalue weighted by Crippen LogP contribution is 2.02. The van der Waals surface area contributed by atoms with Gasteiger partial charge in [0.25, 0.3) is 0 Å². The summed E-state index contributed by atoms with van der Waals surface area (Å²) in [6, 6.07) is 1.99. The molecule has 0 amide bonds. The maximum atomic E-state index is 10.4. The maximum Gasteiger partial charge on any atom is 0.304 e. The predicted molar refractivity (Wildman–Crippen MR) is 60.4 cm³/mol. The molecule has 0 fully saturated rings. The summed E-state index contributed by atoms with van der Waals surface area (Å²) >= 11 is 0. The molecule has 0 spiro atoms. The topological polar surface area (TPSA) is 102 Å². The molecule has 6 nitrogen and oxygen atoms in total. The fraction of sp³-hybridized carbons (Fsp3) is 0.727. The Hall–Kier alpha value is -1.61. The molecule has 17 heavy (non-hydrogen) atoms. The van der Waals surface area contributed by atoms with E-state index in [1.54, 1.807) is 4.90 Å². The van der Waals surface area contributed by atoms with Gasteiger partial charge in [0.05, 0.1) is 19.0 Å². The summed E-state index contributed by atoms with van der Waals surface area (Å²) in [6.45, 7) is 1.22. The van der Waals surface area contributed by atoms with Gasteiger partial charge in [-0.15, -0.1) is 0 Å². The summed E-state index contributed by atoms with van der Waals surface area (Å²) in [5.74, 6) is -1.68. The summed E-state index contributed by atoms with van der Waals surface area (Å²) in [7, 11) is 0. The van der Waals surface area contributed by atoms with Crippen molar-refractivity contribution in [3.05, 3.63) is 0 Å². The minimum Gasteiger partial charge on any atom is -0.481 e. The van der Waals surface area contributed by atoms with E-state index in [-0.39, 0.29) is 19.4 Å². The van der Waals surface area contributed by atoms with Gasteiger partial charge in [0, 0.05) is 13.0 Å². The first-order valence-corrected chi connectivity index (χ1v) is 5.59. The molecule has 0 aliphatic rings. The van der Waals surface area contributed by atoms with Crippen LogP contribution >= 0.6 is 0 Å². The number of aliphatic carboxylic acids is 2. The number of hydrogen-bond acceptors (Lipinski definition) is 4. The minimum atomic E-state index is -0.876. The molecule has 0 aromatic carbocycles. The Labute approximate surface area is 100 Å². The standard InChI is InChI=1S/C11H18N2O4/c12-6-9-13(8-5-11(16)17)7-3-1-2-4-10(14)15/h1-5,7-9H2,(H,14,15)(H,16,17). The van der Waals surface area contributed by atoms with Gasteiger partial charge in [-0.3, -0.25) is 14.5 Å². The van der Waals surface area contributed by atoms with E-state index >= 15 is 0 Å². The van der Waals surface area contributed by atoms with Crippen LogP contribution in [0.2, 0.25) is 0 Å². The summed E-state index contributed by atoms with van der Waals surface area (Å²) in [6.07, 6.45) is 2.37. The van der Waals surface area contributed by atoms with Crippen molar-refractivity contribution in [3.63, 3.8) is 0 Å². The number of nitrogens with zero attached hydrogens (tertiary/aromatic N) is 2. The van der Waals surface area contributed by atoms with Gasteiger partial charge in [-0.2, -0.15) is 5.26 Å². The van der Waals surface area contributed by atoms with Crippen LogP contribution in [0.3, 0.4) is 0 Å². The van der Waals surface area contributed by atoms with Crippen molar-refractivity contribution in [1.82, 2.24) is 4.90 Å². The van der Waals surface area contributed by atoms with Crippen LogP contribution in [0.5, 0.6) is 0 Å². The molecule has 0 aliphatic heterocycles. The van der Waals surface area contributed by atoms with Gasteiger partial charge in [-0.1, -0.05) is 6.42 Å². The highest BCUT2D eigenvalue weighted by molar-refractivity contribution is 5.67. The molecule has 0 aliphatic carbocycles. The Kier molecular flexibility index (Phi) is 8.69. The Morgan fingerprint density at radius 3 is 2.18 bits per heavy atom. The third-order valence-electron chi connectivity index (χ3n) is 2.30. The molecular formula is C11H18N2O4. The number of carboxylic acids is 2. The lowest BCUT2D eigenvalue weighted by Crippen LogP contribution is -2.28. The zero-order chi connectivity index (χ0) is 13.1. The first kappa shape index (κ1) is 15.4. The van der Waals surface area contributed by atoms with Crippen molar-refractivity contribution in [2.24, 2.45) is 0 Å². The van der Waals surface area contributed by atoms with Crippen molar-refractivity contribution >= 4 is 11.9 Å². The van der Waals surface area contributed by atoms with Crippen LogP contribution in [0.15, 0.2) is 0 Å². The molecule has 96 valence electrons. The van der Waals surface area contributed by atoms with Crippen LogP contribution in [0.4, 0.5) is 0 Å². The average Bonchev–Trinajstić information content (AvgIpc) is 2.24. The summed E-state index contributed by atoms with van der Waals surface area (Å²) < 4.78 is 0. The van der Waals surface area contributed by atoms with Crippen molar-refractivity contribution in [2.45, 2.75) is 32.1 Å². The van der Waals surface area contributed by atoms with Crippen LogP contribution in [0.25, 0.3) is 0 Å². The van der Waals surface area contributed by atoms with Crippen molar-refractivity contribution in [2.75, 3.05) is 19.6 Å². The van der Waals surface area contributed by atoms with Gasteiger partial charge in [-0.25, -0.2) is 0 Å². The summed E-state index contributed by atoms with van der Waals surface area (Å²) in [5, 5.41) is 25.5. The van der Waals surface area contributed by atoms with Crippen LogP contribution in [-0.4, -0.2) is 46.7 Å². The SMILES string of the molecule is N#CCN(CCCCCC(=O)O)CCC(=O)O. The van der Waals surface area contributed by atoms with Crippen molar-refractivity contribution < 1.29 is 19.8 Å². The average molecular weight is 242 g/mol. The van der Waals surface area contributed by atoms with E-state index in [0.717, 1.165) is 12.8 Å². The maximum absolute atomic E-state index is 10.4. The van der Waals surface area contributed by atoms with Crippen molar-refractivity contribution in [1.29, 1.82) is 5.26 Å². The second-order valence-corrected chi connectivity index (χ2v) is 3.78. The van der Waals surface area contributed by atoms with Gasteiger partial charge in [0.15, 0.2) is 0 Å². The second kappa shape index (κ2) is 9.60. The number of carbonyl (C=O) groups is 2. The molecule has 0 saturated carbocycles. The fourth-order valence-corrected chi connectivity index (χ4v) is 1.41. The van der Waals surface area contributed by atoms with E-state index in [1.807, 2.05) is 6.07 Å². The molecular weight excluding hydrogens is 224 g/mol. The van der Waals surface area contributed by atoms with E-state index in [9.17, 15) is 9.59 Å². The molecule has 0 heterocycles. The van der Waals surface area contributed by atoms with Gasteiger partial charge in [0.2, 0.25) is 0 Å². The largest absolute Gasteiger partial charge is 0.481 e. The molecule has 0 atom stereocenters. The normalized spacial score (nSPS) is 10.1. The molecule has 0 bridgehead atoms. The van der Waals surface area contributed by atoms with Gasteiger partial charge in [-0.05, 0) is 19.4 Å². The lowest BCUT2D eigenvalue weighted by Gasteiger charge is -2.17. The predicted octanol–water partition coefficient (Wildman–Crippen LogP) is 0.932. The monoisotopic (exact) mass is 242 g/mol. The van der Waals surface area contributed by atoms with E-state index in [1.165, 1.54) is 0 Å². The lowest BCUT2D eigenvalue weighted by atomic mass is 10.2. The number of carboxylic acid groups (broad SMARTS) is 2. The number of nitriles is 1. The van der Waals surface area contributed by atoms with Gasteiger partial charge < -0.3 is 10.2 Å². The first-order chi connectivity index (χ1) is 8.06. The zero-order valence-electron chi connectivity index (χ0n) is 9.76. The fourth-order valence-electron chi connectivity index (χ4n) is 1.41. The molecule has 0 rings (SSSR count). The Morgan fingerprint density at radius 2 is 1.65 bits per heavy atom. The molecule has 0 aromatic rings. The van der Waals surface area contributed by atoms with Gasteiger partial charge >= 0.3 is 11.9 Å². The van der Waals surface area contributed by atoms with Crippen LogP contribution in [0.1, 0.15) is 32.1 Å². The molecule has 0 radical (unpaired) electrons. The minimum absolute atomic E-state index is 0.0246. The molecule has 0 unspecified atom stereocenters. The summed E-state index contributed by atoms with van der Waals surface area (Å²) in [4.78, 5) is 22.4. The smallest absolute Gasteiger partial charge is 0.304 e. The Bertz CT molecular complexity index is 286. The highest BCUT2D eigenvalue weighted by atomic mass is 16.4. The van der Waals surface area contributed by atoms with Crippen LogP contribution in [0, 0.1) is 11.3 Å². The van der Waals surface area contributed by atoms with E-state index in [4.69, 9.17) is 15.5 Å². The van der Waals surface area contributed by atoms with E-state index in [2.05, 4.69) is 0 Å². The highest BCUT2D eigenvalue weighted by Gasteiger charge is 2.06. The lowest BCUT2D eigenvalue weighted by molar-refractivity contribution is -0.138. The summed E-state index contributed by atoms with van der Waals surface area (Å²) in [5.41, 5.74) is 0. The number of hydrogen-bond donors (Lipinski definition) is 2. The number of rotatable bonds is 10. The van der Waals surface area contributed by atoms with Crippen molar-refractivity contribution in [3.8, 4) is 6.07 Å². The zero-order valence-corrected chi connectivity index (χ0v) is 9.76. The van der Waals surface area contributed by atoms with Crippen LogP contribution in [-0.2, 0) is 9.59 Å². The molecule has 6 heteroatoms. The Morgan fingerprint density at radius 1 is 1.00 bits per heavy atom.